The number of hydrogen-bond donors (Lipinski definition) is 1. The van der Waals surface area contributed by atoms with Crippen molar-refractivity contribution >= 4 is 31.4 Å². The van der Waals surface area contributed by atoms with Gasteiger partial charge in [0.05, 0.1) is 23.4 Å². The predicted molar refractivity (Wildman–Crippen MR) is 82.0 cm³/mol. The standard InChI is InChI=1S/C12H20N2O4S2/c1-4-5-10-20(17,18)13-11-8-6-7-9-12(11)14(2)19(3,15)16/h6-9,13H,4-5,10H2,1-3H3. The number of nitrogens with zero attached hydrogens (tertiary/aromatic N) is 1. The Morgan fingerprint density at radius 1 is 1.15 bits per heavy atom. The lowest BCUT2D eigenvalue weighted by Crippen LogP contribution is -2.26. The van der Waals surface area contributed by atoms with E-state index in [1.54, 1.807) is 24.3 Å². The first-order valence-corrected chi connectivity index (χ1v) is 9.71. The van der Waals surface area contributed by atoms with Crippen molar-refractivity contribution in [3.05, 3.63) is 24.3 Å². The molecule has 0 aliphatic rings. The Morgan fingerprint density at radius 2 is 1.75 bits per heavy atom. The zero-order valence-electron chi connectivity index (χ0n) is 11.8. The SMILES string of the molecule is CCCCS(=O)(=O)Nc1ccccc1N(C)S(C)(=O)=O. The van der Waals surface area contributed by atoms with E-state index >= 15 is 0 Å². The highest BCUT2D eigenvalue weighted by molar-refractivity contribution is 7.93. The molecule has 1 aromatic carbocycles. The van der Waals surface area contributed by atoms with E-state index in [9.17, 15) is 16.8 Å². The second kappa shape index (κ2) is 6.45. The minimum absolute atomic E-state index is 0.0143. The highest BCUT2D eigenvalue weighted by Crippen LogP contribution is 2.27. The van der Waals surface area contributed by atoms with Gasteiger partial charge in [-0.25, -0.2) is 16.8 Å². The first-order valence-electron chi connectivity index (χ1n) is 6.21. The van der Waals surface area contributed by atoms with Crippen LogP contribution in [0.15, 0.2) is 24.3 Å². The van der Waals surface area contributed by atoms with Crippen LogP contribution >= 0.6 is 0 Å². The van der Waals surface area contributed by atoms with E-state index in [1.807, 2.05) is 6.92 Å². The van der Waals surface area contributed by atoms with Crippen LogP contribution in [0.4, 0.5) is 11.4 Å². The summed E-state index contributed by atoms with van der Waals surface area (Å²) in [5, 5.41) is 0. The van der Waals surface area contributed by atoms with Crippen LogP contribution in [-0.2, 0) is 20.0 Å². The molecule has 0 saturated carbocycles. The fourth-order valence-corrected chi connectivity index (χ4v) is 3.36. The van der Waals surface area contributed by atoms with Gasteiger partial charge >= 0.3 is 0 Å². The molecule has 0 radical (unpaired) electrons. The number of para-hydroxylation sites is 2. The minimum atomic E-state index is -3.47. The molecule has 0 aliphatic heterocycles. The second-order valence-corrected chi connectivity index (χ2v) is 8.38. The van der Waals surface area contributed by atoms with Crippen LogP contribution in [0.25, 0.3) is 0 Å². The van der Waals surface area contributed by atoms with Gasteiger partial charge in [0.15, 0.2) is 0 Å². The van der Waals surface area contributed by atoms with Gasteiger partial charge in [-0.05, 0) is 18.6 Å². The van der Waals surface area contributed by atoms with Crippen LogP contribution < -0.4 is 9.03 Å². The number of unbranched alkanes of at least 4 members (excludes halogenated alkanes) is 1. The van der Waals surface area contributed by atoms with Crippen LogP contribution in [0.3, 0.4) is 0 Å². The molecule has 8 heteroatoms. The third-order valence-electron chi connectivity index (χ3n) is 2.77. The molecule has 1 rings (SSSR count). The van der Waals surface area contributed by atoms with E-state index in [4.69, 9.17) is 0 Å². The van der Waals surface area contributed by atoms with Crippen LogP contribution in [-0.4, -0.2) is 35.9 Å². The summed E-state index contributed by atoms with van der Waals surface area (Å²) in [5.41, 5.74) is 0.562. The van der Waals surface area contributed by atoms with Crippen molar-refractivity contribution in [1.82, 2.24) is 0 Å². The summed E-state index contributed by atoms with van der Waals surface area (Å²) in [5.74, 6) is 0.0143. The van der Waals surface area contributed by atoms with Crippen molar-refractivity contribution in [2.45, 2.75) is 19.8 Å². The summed E-state index contributed by atoms with van der Waals surface area (Å²) in [6.45, 7) is 1.90. The van der Waals surface area contributed by atoms with Gasteiger partial charge in [-0.3, -0.25) is 9.03 Å². The summed E-state index contributed by atoms with van der Waals surface area (Å²) >= 11 is 0. The minimum Gasteiger partial charge on any atom is -0.281 e. The lowest BCUT2D eigenvalue weighted by molar-refractivity contribution is 0.596. The smallest absolute Gasteiger partial charge is 0.232 e. The zero-order chi connectivity index (χ0) is 15.4. The van der Waals surface area contributed by atoms with E-state index in [0.717, 1.165) is 17.0 Å². The number of benzene rings is 1. The molecule has 6 nitrogen and oxygen atoms in total. The number of anilines is 2. The quantitative estimate of drug-likeness (QED) is 0.827. The Hall–Kier alpha value is -1.28. The largest absolute Gasteiger partial charge is 0.281 e. The van der Waals surface area contributed by atoms with E-state index in [2.05, 4.69) is 4.72 Å². The zero-order valence-corrected chi connectivity index (χ0v) is 13.5. The maximum Gasteiger partial charge on any atom is 0.232 e. The van der Waals surface area contributed by atoms with E-state index in [-0.39, 0.29) is 11.4 Å². The van der Waals surface area contributed by atoms with Crippen molar-refractivity contribution in [3.8, 4) is 0 Å². The van der Waals surface area contributed by atoms with Gasteiger partial charge in [-0.2, -0.15) is 0 Å². The molecule has 1 aromatic rings. The molecule has 1 N–H and O–H groups in total. The lowest BCUT2D eigenvalue weighted by Gasteiger charge is -2.20. The van der Waals surface area contributed by atoms with Crippen molar-refractivity contribution in [2.24, 2.45) is 0 Å². The Balaban J connectivity index is 3.09. The number of hydrogen-bond acceptors (Lipinski definition) is 4. The fraction of sp³-hybridized carbons (Fsp3) is 0.500. The first kappa shape index (κ1) is 16.8. The molecule has 20 heavy (non-hydrogen) atoms. The van der Waals surface area contributed by atoms with E-state index < -0.39 is 20.0 Å². The van der Waals surface area contributed by atoms with Crippen LogP contribution in [0.5, 0.6) is 0 Å². The average Bonchev–Trinajstić information content (AvgIpc) is 2.35. The average molecular weight is 320 g/mol. The molecule has 0 saturated heterocycles. The third-order valence-corrected chi connectivity index (χ3v) is 5.32. The maximum atomic E-state index is 11.9. The Morgan fingerprint density at radius 3 is 2.30 bits per heavy atom. The van der Waals surface area contributed by atoms with Crippen LogP contribution in [0, 0.1) is 0 Å². The number of nitrogens with one attached hydrogen (secondary N) is 1. The van der Waals surface area contributed by atoms with Gasteiger partial charge in [0.1, 0.15) is 0 Å². The predicted octanol–water partition coefficient (Wildman–Crippen LogP) is 1.62. The monoisotopic (exact) mass is 320 g/mol. The Bertz CT molecular complexity index is 654. The molecular weight excluding hydrogens is 300 g/mol. The maximum absolute atomic E-state index is 11.9. The van der Waals surface area contributed by atoms with Crippen molar-refractivity contribution in [3.63, 3.8) is 0 Å². The summed E-state index contributed by atoms with van der Waals surface area (Å²) in [6, 6.07) is 6.40. The van der Waals surface area contributed by atoms with Crippen LogP contribution in [0.1, 0.15) is 19.8 Å². The van der Waals surface area contributed by atoms with Gasteiger partial charge in [0.25, 0.3) is 0 Å². The highest BCUT2D eigenvalue weighted by atomic mass is 32.2. The third kappa shape index (κ3) is 4.68. The molecule has 0 unspecified atom stereocenters. The molecule has 0 atom stereocenters. The number of sulfonamides is 2. The van der Waals surface area contributed by atoms with E-state index in [0.29, 0.717) is 12.1 Å². The fourth-order valence-electron chi connectivity index (χ4n) is 1.57. The molecule has 0 aliphatic carbocycles. The molecular formula is C12H20N2O4S2. The first-order chi connectivity index (χ1) is 9.17. The topological polar surface area (TPSA) is 83.6 Å². The summed E-state index contributed by atoms with van der Waals surface area (Å²) in [6.07, 6.45) is 2.39. The summed E-state index contributed by atoms with van der Waals surface area (Å²) in [7, 11) is -5.54. The van der Waals surface area contributed by atoms with Gasteiger partial charge in [0, 0.05) is 7.05 Å². The van der Waals surface area contributed by atoms with Crippen LogP contribution in [0.2, 0.25) is 0 Å². The second-order valence-electron chi connectivity index (χ2n) is 4.52. The Kier molecular flexibility index (Phi) is 5.41. The molecule has 0 fully saturated rings. The summed E-state index contributed by atoms with van der Waals surface area (Å²) in [4.78, 5) is 0. The molecule has 0 heterocycles. The van der Waals surface area contributed by atoms with Gasteiger partial charge in [-0.1, -0.05) is 25.5 Å². The van der Waals surface area contributed by atoms with Gasteiger partial charge in [0.2, 0.25) is 20.0 Å². The van der Waals surface area contributed by atoms with Gasteiger partial charge in [-0.15, -0.1) is 0 Å². The number of rotatable bonds is 7. The van der Waals surface area contributed by atoms with Crippen molar-refractivity contribution in [2.75, 3.05) is 28.1 Å². The molecule has 114 valence electrons. The summed E-state index contributed by atoms with van der Waals surface area (Å²) < 4.78 is 50.4. The highest BCUT2D eigenvalue weighted by Gasteiger charge is 2.18. The molecule has 0 amide bonds. The van der Waals surface area contributed by atoms with Crippen molar-refractivity contribution in [1.29, 1.82) is 0 Å². The molecule has 0 spiro atoms. The lowest BCUT2D eigenvalue weighted by atomic mass is 10.3. The Labute approximate surface area is 120 Å². The van der Waals surface area contributed by atoms with E-state index in [1.165, 1.54) is 7.05 Å². The molecule has 0 aromatic heterocycles. The van der Waals surface area contributed by atoms with Crippen molar-refractivity contribution < 1.29 is 16.8 Å². The normalized spacial score (nSPS) is 12.2. The molecule has 0 bridgehead atoms. The van der Waals surface area contributed by atoms with Gasteiger partial charge < -0.3 is 0 Å².